The second kappa shape index (κ2) is 4.84. The van der Waals surface area contributed by atoms with Gasteiger partial charge in [-0.1, -0.05) is 5.21 Å². The largest absolute Gasteiger partial charge is 0.462 e. The predicted molar refractivity (Wildman–Crippen MR) is 76.2 cm³/mol. The summed E-state index contributed by atoms with van der Waals surface area (Å²) < 4.78 is 7.07. The lowest BCUT2D eigenvalue weighted by molar-refractivity contribution is 0.533. The van der Waals surface area contributed by atoms with Crippen LogP contribution in [0.2, 0.25) is 0 Å². The molecule has 6 nitrogen and oxygen atoms in total. The van der Waals surface area contributed by atoms with E-state index in [1.165, 1.54) is 0 Å². The SMILES string of the molecule is CC(C)(N)c1cn(Cc2csc(-c3ccco3)n2)nn1. The van der Waals surface area contributed by atoms with Crippen molar-refractivity contribution in [3.8, 4) is 10.8 Å². The Kier molecular flexibility index (Phi) is 3.15. The molecule has 3 rings (SSSR count). The van der Waals surface area contributed by atoms with Gasteiger partial charge in [0.15, 0.2) is 10.8 Å². The summed E-state index contributed by atoms with van der Waals surface area (Å²) in [5.74, 6) is 0.781. The Bertz CT molecular complexity index is 692. The molecule has 3 aromatic rings. The number of rotatable bonds is 4. The summed E-state index contributed by atoms with van der Waals surface area (Å²) in [5, 5.41) is 11.0. The van der Waals surface area contributed by atoms with Crippen molar-refractivity contribution in [1.29, 1.82) is 0 Å². The van der Waals surface area contributed by atoms with Crippen LogP contribution >= 0.6 is 11.3 Å². The van der Waals surface area contributed by atoms with Crippen LogP contribution in [0.15, 0.2) is 34.4 Å². The van der Waals surface area contributed by atoms with E-state index >= 15 is 0 Å². The predicted octanol–water partition coefficient (Wildman–Crippen LogP) is 2.24. The first kappa shape index (κ1) is 13.0. The number of thiazole rings is 1. The third kappa shape index (κ3) is 2.63. The summed E-state index contributed by atoms with van der Waals surface area (Å²) in [5.41, 5.74) is 7.19. The Hall–Kier alpha value is -1.99. The molecule has 0 aliphatic heterocycles. The molecule has 0 aliphatic carbocycles. The molecule has 0 aromatic carbocycles. The molecule has 3 heterocycles. The third-order valence-electron chi connectivity index (χ3n) is 2.81. The van der Waals surface area contributed by atoms with Gasteiger partial charge in [0.2, 0.25) is 0 Å². The lowest BCUT2D eigenvalue weighted by Crippen LogP contribution is -2.29. The fourth-order valence-corrected chi connectivity index (χ4v) is 2.51. The molecule has 0 saturated heterocycles. The highest BCUT2D eigenvalue weighted by Crippen LogP contribution is 2.24. The second-order valence-corrected chi connectivity index (χ2v) is 6.00. The van der Waals surface area contributed by atoms with Crippen LogP contribution in [0, 0.1) is 0 Å². The van der Waals surface area contributed by atoms with Gasteiger partial charge in [-0.3, -0.25) is 0 Å². The van der Waals surface area contributed by atoms with Gasteiger partial charge in [-0.2, -0.15) is 0 Å². The van der Waals surface area contributed by atoms with Crippen molar-refractivity contribution in [2.75, 3.05) is 0 Å². The first-order valence-corrected chi connectivity index (χ1v) is 7.08. The number of hydrogen-bond donors (Lipinski definition) is 1. The lowest BCUT2D eigenvalue weighted by Gasteiger charge is -2.13. The van der Waals surface area contributed by atoms with Crippen molar-refractivity contribution in [3.63, 3.8) is 0 Å². The summed E-state index contributed by atoms with van der Waals surface area (Å²) in [4.78, 5) is 4.52. The van der Waals surface area contributed by atoms with Crippen molar-refractivity contribution >= 4 is 11.3 Å². The Morgan fingerprint density at radius 1 is 1.45 bits per heavy atom. The van der Waals surface area contributed by atoms with Crippen LogP contribution in [0.25, 0.3) is 10.8 Å². The standard InChI is InChI=1S/C13H15N5OS/c1-13(2,14)11-7-18(17-16-11)6-9-8-20-12(15-9)10-4-3-5-19-10/h3-5,7-8H,6,14H2,1-2H3. The highest BCUT2D eigenvalue weighted by Gasteiger charge is 2.18. The molecule has 0 saturated carbocycles. The van der Waals surface area contributed by atoms with Gasteiger partial charge >= 0.3 is 0 Å². The Morgan fingerprint density at radius 3 is 2.95 bits per heavy atom. The van der Waals surface area contributed by atoms with Crippen LogP contribution in [0.5, 0.6) is 0 Å². The lowest BCUT2D eigenvalue weighted by atomic mass is 10.0. The molecular formula is C13H15N5OS. The average Bonchev–Trinajstić information content (AvgIpc) is 3.08. The van der Waals surface area contributed by atoms with Crippen LogP contribution in [0.1, 0.15) is 25.2 Å². The summed E-state index contributed by atoms with van der Waals surface area (Å²) in [6.07, 6.45) is 3.50. The van der Waals surface area contributed by atoms with Gasteiger partial charge in [0.05, 0.1) is 30.2 Å². The van der Waals surface area contributed by atoms with E-state index in [2.05, 4.69) is 15.3 Å². The highest BCUT2D eigenvalue weighted by atomic mass is 32.1. The summed E-state index contributed by atoms with van der Waals surface area (Å²) in [6, 6.07) is 3.75. The van der Waals surface area contributed by atoms with Crippen LogP contribution < -0.4 is 5.73 Å². The van der Waals surface area contributed by atoms with Crippen molar-refractivity contribution in [2.45, 2.75) is 25.9 Å². The Balaban J connectivity index is 1.77. The Labute approximate surface area is 120 Å². The maximum Gasteiger partial charge on any atom is 0.162 e. The van der Waals surface area contributed by atoms with Crippen molar-refractivity contribution in [1.82, 2.24) is 20.0 Å². The topological polar surface area (TPSA) is 82.8 Å². The first-order valence-electron chi connectivity index (χ1n) is 6.20. The van der Waals surface area contributed by atoms with Gasteiger partial charge in [-0.15, -0.1) is 16.4 Å². The summed E-state index contributed by atoms with van der Waals surface area (Å²) in [6.45, 7) is 4.37. The molecule has 0 spiro atoms. The fourth-order valence-electron chi connectivity index (χ4n) is 1.73. The molecule has 2 N–H and O–H groups in total. The third-order valence-corrected chi connectivity index (χ3v) is 3.71. The molecule has 0 bridgehead atoms. The molecular weight excluding hydrogens is 274 g/mol. The van der Waals surface area contributed by atoms with E-state index in [9.17, 15) is 0 Å². The molecule has 0 radical (unpaired) electrons. The van der Waals surface area contributed by atoms with Crippen LogP contribution in [-0.4, -0.2) is 20.0 Å². The number of furan rings is 1. The maximum absolute atomic E-state index is 5.99. The average molecular weight is 289 g/mol. The molecule has 0 unspecified atom stereocenters. The normalized spacial score (nSPS) is 11.9. The molecule has 3 aromatic heterocycles. The van der Waals surface area contributed by atoms with Gasteiger partial charge in [0, 0.05) is 5.38 Å². The first-order chi connectivity index (χ1) is 9.52. The molecule has 0 amide bonds. The van der Waals surface area contributed by atoms with E-state index in [1.54, 1.807) is 22.3 Å². The molecule has 20 heavy (non-hydrogen) atoms. The molecule has 0 fully saturated rings. The zero-order chi connectivity index (χ0) is 14.2. The zero-order valence-corrected chi connectivity index (χ0v) is 12.1. The van der Waals surface area contributed by atoms with E-state index in [-0.39, 0.29) is 0 Å². The highest BCUT2D eigenvalue weighted by molar-refractivity contribution is 7.13. The van der Waals surface area contributed by atoms with Crippen molar-refractivity contribution < 1.29 is 4.42 Å². The Morgan fingerprint density at radius 2 is 2.30 bits per heavy atom. The smallest absolute Gasteiger partial charge is 0.162 e. The van der Waals surface area contributed by atoms with Crippen LogP contribution in [-0.2, 0) is 12.1 Å². The molecule has 0 atom stereocenters. The number of nitrogens with two attached hydrogens (primary N) is 1. The second-order valence-electron chi connectivity index (χ2n) is 5.14. The van der Waals surface area contributed by atoms with Crippen molar-refractivity contribution in [2.24, 2.45) is 5.73 Å². The van der Waals surface area contributed by atoms with E-state index in [1.807, 2.05) is 37.6 Å². The minimum absolute atomic E-state index is 0.486. The monoisotopic (exact) mass is 289 g/mol. The van der Waals surface area contributed by atoms with Gasteiger partial charge in [0.1, 0.15) is 5.69 Å². The van der Waals surface area contributed by atoms with Crippen LogP contribution in [0.4, 0.5) is 0 Å². The molecule has 7 heteroatoms. The van der Waals surface area contributed by atoms with E-state index in [0.717, 1.165) is 22.2 Å². The molecule has 0 aliphatic rings. The minimum atomic E-state index is -0.486. The van der Waals surface area contributed by atoms with Crippen LogP contribution in [0.3, 0.4) is 0 Å². The zero-order valence-electron chi connectivity index (χ0n) is 11.3. The van der Waals surface area contributed by atoms with E-state index < -0.39 is 5.54 Å². The van der Waals surface area contributed by atoms with E-state index in [4.69, 9.17) is 10.2 Å². The van der Waals surface area contributed by atoms with E-state index in [0.29, 0.717) is 6.54 Å². The number of hydrogen-bond acceptors (Lipinski definition) is 6. The van der Waals surface area contributed by atoms with Gasteiger partial charge < -0.3 is 10.2 Å². The number of aromatic nitrogens is 4. The van der Waals surface area contributed by atoms with Crippen molar-refractivity contribution in [3.05, 3.63) is 41.4 Å². The maximum atomic E-state index is 5.99. The minimum Gasteiger partial charge on any atom is -0.462 e. The quantitative estimate of drug-likeness (QED) is 0.796. The van der Waals surface area contributed by atoms with Gasteiger partial charge in [0.25, 0.3) is 0 Å². The molecule has 104 valence electrons. The van der Waals surface area contributed by atoms with Gasteiger partial charge in [-0.05, 0) is 26.0 Å². The van der Waals surface area contributed by atoms with Gasteiger partial charge in [-0.25, -0.2) is 9.67 Å². The summed E-state index contributed by atoms with van der Waals surface area (Å²) in [7, 11) is 0. The summed E-state index contributed by atoms with van der Waals surface area (Å²) >= 11 is 1.55. The fraction of sp³-hybridized carbons (Fsp3) is 0.308. The number of nitrogens with zero attached hydrogens (tertiary/aromatic N) is 4.